The number of epoxide rings is 1. The molecule has 1 aromatic rings. The van der Waals surface area contributed by atoms with Gasteiger partial charge in [-0.05, 0) is 12.5 Å². The van der Waals surface area contributed by atoms with E-state index in [1.54, 1.807) is 0 Å². The summed E-state index contributed by atoms with van der Waals surface area (Å²) in [5, 5.41) is 9.63. The first-order valence-corrected chi connectivity index (χ1v) is 4.13. The molecule has 64 valence electrons. The summed E-state index contributed by atoms with van der Waals surface area (Å²) >= 11 is 0. The van der Waals surface area contributed by atoms with Crippen molar-refractivity contribution in [2.75, 3.05) is 6.61 Å². The fourth-order valence-corrected chi connectivity index (χ4v) is 1.22. The lowest BCUT2D eigenvalue weighted by atomic mass is 10.1. The van der Waals surface area contributed by atoms with Crippen LogP contribution in [0.1, 0.15) is 17.2 Å². The highest BCUT2D eigenvalue weighted by atomic mass is 16.6. The van der Waals surface area contributed by atoms with Gasteiger partial charge in [-0.3, -0.25) is 0 Å². The second kappa shape index (κ2) is 2.88. The van der Waals surface area contributed by atoms with Gasteiger partial charge in [0.2, 0.25) is 0 Å². The minimum atomic E-state index is -0.439. The van der Waals surface area contributed by atoms with Crippen LogP contribution in [0, 0.1) is 6.92 Å². The molecule has 0 aromatic heterocycles. The maximum absolute atomic E-state index is 9.63. The number of aliphatic hydroxyl groups is 1. The molecule has 2 nitrogen and oxygen atoms in total. The molecule has 1 aliphatic heterocycles. The molecule has 2 unspecified atom stereocenters. The molecule has 1 aromatic carbocycles. The van der Waals surface area contributed by atoms with Gasteiger partial charge in [0.1, 0.15) is 12.2 Å². The molecule has 0 amide bonds. The molecule has 2 heteroatoms. The largest absolute Gasteiger partial charge is 0.386 e. The first-order chi connectivity index (χ1) is 5.77. The van der Waals surface area contributed by atoms with Crippen LogP contribution in [-0.4, -0.2) is 17.8 Å². The summed E-state index contributed by atoms with van der Waals surface area (Å²) in [7, 11) is 0. The van der Waals surface area contributed by atoms with E-state index in [2.05, 4.69) is 0 Å². The molecule has 0 spiro atoms. The van der Waals surface area contributed by atoms with Gasteiger partial charge < -0.3 is 9.84 Å². The monoisotopic (exact) mass is 164 g/mol. The van der Waals surface area contributed by atoms with Crippen molar-refractivity contribution in [3.8, 4) is 0 Å². The summed E-state index contributed by atoms with van der Waals surface area (Å²) in [5.74, 6) is 0. The quantitative estimate of drug-likeness (QED) is 0.671. The van der Waals surface area contributed by atoms with Crippen LogP contribution in [0.2, 0.25) is 0 Å². The lowest BCUT2D eigenvalue weighted by Gasteiger charge is -2.06. The lowest BCUT2D eigenvalue weighted by molar-refractivity contribution is 0.137. The lowest BCUT2D eigenvalue weighted by Crippen LogP contribution is -2.04. The Morgan fingerprint density at radius 1 is 1.42 bits per heavy atom. The van der Waals surface area contributed by atoms with E-state index in [0.29, 0.717) is 6.61 Å². The molecular weight excluding hydrogens is 152 g/mol. The Labute approximate surface area is 71.8 Å². The Bertz CT molecular complexity index is 262. The third kappa shape index (κ3) is 1.49. The van der Waals surface area contributed by atoms with E-state index in [-0.39, 0.29) is 6.10 Å². The highest BCUT2D eigenvalue weighted by Gasteiger charge is 2.32. The number of benzene rings is 1. The van der Waals surface area contributed by atoms with Crippen molar-refractivity contribution in [3.05, 3.63) is 35.4 Å². The minimum absolute atomic E-state index is 0.0349. The molecule has 12 heavy (non-hydrogen) atoms. The predicted molar refractivity (Wildman–Crippen MR) is 45.9 cm³/mol. The van der Waals surface area contributed by atoms with Crippen LogP contribution in [0.3, 0.4) is 0 Å². The summed E-state index contributed by atoms with van der Waals surface area (Å²) < 4.78 is 5.00. The summed E-state index contributed by atoms with van der Waals surface area (Å²) in [6.07, 6.45) is -0.404. The zero-order valence-electron chi connectivity index (χ0n) is 7.03. The summed E-state index contributed by atoms with van der Waals surface area (Å²) in [5.41, 5.74) is 2.16. The minimum Gasteiger partial charge on any atom is -0.386 e. The highest BCUT2D eigenvalue weighted by molar-refractivity contribution is 5.24. The van der Waals surface area contributed by atoms with Crippen molar-refractivity contribution in [2.45, 2.75) is 19.1 Å². The molecule has 1 aliphatic rings. The second-order valence-electron chi connectivity index (χ2n) is 3.23. The Morgan fingerprint density at radius 2 is 2.00 bits per heavy atom. The van der Waals surface area contributed by atoms with Crippen LogP contribution in [0.25, 0.3) is 0 Å². The van der Waals surface area contributed by atoms with E-state index in [9.17, 15) is 5.11 Å². The Kier molecular flexibility index (Phi) is 1.87. The molecule has 1 fully saturated rings. The number of aryl methyl sites for hydroxylation is 1. The molecule has 0 saturated carbocycles. The van der Waals surface area contributed by atoms with E-state index in [1.165, 1.54) is 5.56 Å². The summed E-state index contributed by atoms with van der Waals surface area (Å²) in [6, 6.07) is 7.89. The first-order valence-electron chi connectivity index (χ1n) is 4.13. The van der Waals surface area contributed by atoms with Gasteiger partial charge in [0.25, 0.3) is 0 Å². The number of rotatable bonds is 2. The fourth-order valence-electron chi connectivity index (χ4n) is 1.22. The average molecular weight is 164 g/mol. The molecular formula is C10H12O2. The van der Waals surface area contributed by atoms with E-state index in [4.69, 9.17) is 4.74 Å². The van der Waals surface area contributed by atoms with Crippen molar-refractivity contribution in [3.63, 3.8) is 0 Å². The third-order valence-corrected chi connectivity index (χ3v) is 2.13. The Balaban J connectivity index is 2.16. The maximum Gasteiger partial charge on any atom is 0.111 e. The zero-order chi connectivity index (χ0) is 8.55. The van der Waals surface area contributed by atoms with Crippen LogP contribution >= 0.6 is 0 Å². The highest BCUT2D eigenvalue weighted by Crippen LogP contribution is 2.27. The molecule has 1 N–H and O–H groups in total. The van der Waals surface area contributed by atoms with Gasteiger partial charge in [0.05, 0.1) is 6.61 Å². The van der Waals surface area contributed by atoms with Crippen LogP contribution in [0.5, 0.6) is 0 Å². The normalized spacial score (nSPS) is 23.7. The van der Waals surface area contributed by atoms with Crippen molar-refractivity contribution >= 4 is 0 Å². The second-order valence-corrected chi connectivity index (χ2v) is 3.23. The standard InChI is InChI=1S/C10H12O2/c1-7-2-4-8(5-3-7)10(11)9-6-12-9/h2-5,9-11H,6H2,1H3. The predicted octanol–water partition coefficient (Wildman–Crippen LogP) is 1.43. The van der Waals surface area contributed by atoms with Crippen LogP contribution < -0.4 is 0 Å². The smallest absolute Gasteiger partial charge is 0.111 e. The van der Waals surface area contributed by atoms with Gasteiger partial charge in [0.15, 0.2) is 0 Å². The van der Waals surface area contributed by atoms with E-state index in [0.717, 1.165) is 5.56 Å². The number of ether oxygens (including phenoxy) is 1. The number of hydrogen-bond donors (Lipinski definition) is 1. The average Bonchev–Trinajstić information content (AvgIpc) is 2.87. The molecule has 2 rings (SSSR count). The molecule has 0 bridgehead atoms. The molecule has 1 heterocycles. The summed E-state index contributed by atoms with van der Waals surface area (Å²) in [6.45, 7) is 2.72. The van der Waals surface area contributed by atoms with Crippen molar-refractivity contribution in [1.82, 2.24) is 0 Å². The molecule has 0 radical (unpaired) electrons. The first kappa shape index (κ1) is 7.77. The zero-order valence-corrected chi connectivity index (χ0v) is 7.03. The van der Waals surface area contributed by atoms with Crippen LogP contribution in [0.4, 0.5) is 0 Å². The van der Waals surface area contributed by atoms with Crippen molar-refractivity contribution < 1.29 is 9.84 Å². The van der Waals surface area contributed by atoms with Gasteiger partial charge in [-0.25, -0.2) is 0 Å². The van der Waals surface area contributed by atoms with Gasteiger partial charge in [-0.1, -0.05) is 29.8 Å². The molecule has 2 atom stereocenters. The maximum atomic E-state index is 9.63. The van der Waals surface area contributed by atoms with Gasteiger partial charge in [0, 0.05) is 0 Å². The van der Waals surface area contributed by atoms with E-state index in [1.807, 2.05) is 31.2 Å². The molecule has 0 aliphatic carbocycles. The topological polar surface area (TPSA) is 32.8 Å². The van der Waals surface area contributed by atoms with Crippen molar-refractivity contribution in [2.24, 2.45) is 0 Å². The van der Waals surface area contributed by atoms with E-state index >= 15 is 0 Å². The van der Waals surface area contributed by atoms with E-state index < -0.39 is 6.10 Å². The third-order valence-electron chi connectivity index (χ3n) is 2.13. The summed E-state index contributed by atoms with van der Waals surface area (Å²) in [4.78, 5) is 0. The fraction of sp³-hybridized carbons (Fsp3) is 0.400. The van der Waals surface area contributed by atoms with Crippen LogP contribution in [-0.2, 0) is 4.74 Å². The Morgan fingerprint density at radius 3 is 2.50 bits per heavy atom. The van der Waals surface area contributed by atoms with Gasteiger partial charge >= 0.3 is 0 Å². The van der Waals surface area contributed by atoms with Crippen LogP contribution in [0.15, 0.2) is 24.3 Å². The number of aliphatic hydroxyl groups excluding tert-OH is 1. The Hall–Kier alpha value is -0.860. The molecule has 1 saturated heterocycles. The van der Waals surface area contributed by atoms with Gasteiger partial charge in [-0.15, -0.1) is 0 Å². The SMILES string of the molecule is Cc1ccc(C(O)C2CO2)cc1. The van der Waals surface area contributed by atoms with Gasteiger partial charge in [-0.2, -0.15) is 0 Å². The number of hydrogen-bond acceptors (Lipinski definition) is 2. The van der Waals surface area contributed by atoms with Crippen molar-refractivity contribution in [1.29, 1.82) is 0 Å².